The lowest BCUT2D eigenvalue weighted by Gasteiger charge is -2.15. The number of fused-ring (bicyclic) bond motifs is 1. The van der Waals surface area contributed by atoms with E-state index in [1.54, 1.807) is 7.05 Å². The molecule has 6 nitrogen and oxygen atoms in total. The van der Waals surface area contributed by atoms with Gasteiger partial charge in [0.25, 0.3) is 0 Å². The van der Waals surface area contributed by atoms with Gasteiger partial charge in [-0.25, -0.2) is 4.98 Å². The molecule has 30 heavy (non-hydrogen) atoms. The van der Waals surface area contributed by atoms with Gasteiger partial charge >= 0.3 is 0 Å². The zero-order valence-corrected chi connectivity index (χ0v) is 20.1. The Morgan fingerprint density at radius 1 is 1.00 bits per heavy atom. The van der Waals surface area contributed by atoms with Crippen molar-refractivity contribution in [2.75, 3.05) is 20.1 Å². The van der Waals surface area contributed by atoms with Crippen LogP contribution in [0.5, 0.6) is 0 Å². The maximum atomic E-state index is 4.66. The molecular formula is C23H31IN6. The highest BCUT2D eigenvalue weighted by Crippen LogP contribution is 2.13. The number of nitrogens with one attached hydrogen (secondary N) is 2. The molecule has 0 bridgehead atoms. The van der Waals surface area contributed by atoms with E-state index >= 15 is 0 Å². The van der Waals surface area contributed by atoms with Crippen LogP contribution in [-0.2, 0) is 19.6 Å². The van der Waals surface area contributed by atoms with E-state index in [4.69, 9.17) is 0 Å². The Morgan fingerprint density at radius 3 is 2.40 bits per heavy atom. The van der Waals surface area contributed by atoms with E-state index in [-0.39, 0.29) is 24.0 Å². The number of aromatic nitrogens is 2. The second kappa shape index (κ2) is 10.8. The quantitative estimate of drug-likeness (QED) is 0.297. The fourth-order valence-corrected chi connectivity index (χ4v) is 3.83. The van der Waals surface area contributed by atoms with Crippen molar-refractivity contribution in [2.24, 2.45) is 4.99 Å². The molecule has 0 saturated carbocycles. The van der Waals surface area contributed by atoms with Crippen LogP contribution in [0.15, 0.2) is 53.7 Å². The van der Waals surface area contributed by atoms with E-state index in [2.05, 4.69) is 73.4 Å². The number of imidazole rings is 1. The average molecular weight is 518 g/mol. The van der Waals surface area contributed by atoms with Crippen LogP contribution in [0.3, 0.4) is 0 Å². The van der Waals surface area contributed by atoms with Crippen molar-refractivity contribution in [3.8, 4) is 0 Å². The lowest BCUT2D eigenvalue weighted by atomic mass is 10.1. The van der Waals surface area contributed by atoms with Gasteiger partial charge in [0.05, 0.1) is 12.2 Å². The van der Waals surface area contributed by atoms with Gasteiger partial charge in [-0.1, -0.05) is 30.3 Å². The van der Waals surface area contributed by atoms with E-state index in [9.17, 15) is 0 Å². The van der Waals surface area contributed by atoms with Gasteiger partial charge in [0.2, 0.25) is 0 Å². The summed E-state index contributed by atoms with van der Waals surface area (Å²) in [5, 5.41) is 6.74. The fraction of sp³-hybridized carbons (Fsp3) is 0.391. The molecular weight excluding hydrogens is 487 g/mol. The summed E-state index contributed by atoms with van der Waals surface area (Å²) >= 11 is 0. The average Bonchev–Trinajstić information content (AvgIpc) is 3.39. The van der Waals surface area contributed by atoms with Crippen LogP contribution in [0, 0.1) is 6.92 Å². The number of aryl methyl sites for hydroxylation is 1. The highest BCUT2D eigenvalue weighted by atomic mass is 127. The van der Waals surface area contributed by atoms with Crippen LogP contribution in [0.4, 0.5) is 0 Å². The summed E-state index contributed by atoms with van der Waals surface area (Å²) in [5.41, 5.74) is 5.78. The van der Waals surface area contributed by atoms with E-state index in [0.29, 0.717) is 6.54 Å². The normalized spacial score (nSPS) is 14.7. The Kier molecular flexibility index (Phi) is 8.09. The molecule has 3 heterocycles. The number of halogens is 1. The lowest BCUT2D eigenvalue weighted by molar-refractivity contribution is 0.331. The molecule has 0 unspecified atom stereocenters. The summed E-state index contributed by atoms with van der Waals surface area (Å²) in [5.74, 6) is 0.778. The molecule has 1 saturated heterocycles. The van der Waals surface area contributed by atoms with Gasteiger partial charge in [0, 0.05) is 32.0 Å². The van der Waals surface area contributed by atoms with Crippen molar-refractivity contribution in [2.45, 2.75) is 39.4 Å². The van der Waals surface area contributed by atoms with E-state index in [1.165, 1.54) is 42.8 Å². The molecule has 0 aliphatic carbocycles. The fourth-order valence-electron chi connectivity index (χ4n) is 3.83. The maximum Gasteiger partial charge on any atom is 0.191 e. The largest absolute Gasteiger partial charge is 0.352 e. The monoisotopic (exact) mass is 518 g/mol. The van der Waals surface area contributed by atoms with Gasteiger partial charge in [-0.15, -0.1) is 24.0 Å². The molecule has 0 radical (unpaired) electrons. The number of hydrogen-bond donors (Lipinski definition) is 2. The molecule has 4 rings (SSSR count). The summed E-state index contributed by atoms with van der Waals surface area (Å²) < 4.78 is 2.11. The van der Waals surface area contributed by atoms with Crippen LogP contribution in [0.25, 0.3) is 5.65 Å². The molecule has 2 aromatic heterocycles. The standard InChI is InChI=1S/C23H30N6.HI/c1-18-6-5-7-22-27-21(17-29(18)22)15-26-23(24-2)25-14-19-8-10-20(11-9-19)16-28-12-3-4-13-28;/h5-11,17H,3-4,12-16H2,1-2H3,(H2,24,25,26);1H. The SMILES string of the molecule is CN=C(NCc1ccc(CN2CCCC2)cc1)NCc1cn2c(C)cccc2n1.I. The van der Waals surface area contributed by atoms with Crippen LogP contribution < -0.4 is 10.6 Å². The highest BCUT2D eigenvalue weighted by Gasteiger charge is 2.11. The van der Waals surface area contributed by atoms with Crippen LogP contribution >= 0.6 is 24.0 Å². The number of hydrogen-bond acceptors (Lipinski definition) is 3. The maximum absolute atomic E-state index is 4.66. The number of nitrogens with zero attached hydrogens (tertiary/aromatic N) is 4. The molecule has 1 aliphatic rings. The Balaban J connectivity index is 0.00000256. The molecule has 3 aromatic rings. The first kappa shape index (κ1) is 22.6. The van der Waals surface area contributed by atoms with Gasteiger partial charge < -0.3 is 15.0 Å². The number of guanidine groups is 1. The third-order valence-electron chi connectivity index (χ3n) is 5.49. The zero-order chi connectivity index (χ0) is 20.1. The number of likely N-dealkylation sites (tertiary alicyclic amines) is 1. The zero-order valence-electron chi connectivity index (χ0n) is 17.8. The van der Waals surface area contributed by atoms with Gasteiger partial charge in [-0.05, 0) is 56.1 Å². The molecule has 0 amide bonds. The van der Waals surface area contributed by atoms with Gasteiger partial charge in [0.1, 0.15) is 5.65 Å². The Hall–Kier alpha value is -2.13. The molecule has 160 valence electrons. The summed E-state index contributed by atoms with van der Waals surface area (Å²) in [6, 6.07) is 15.0. The molecule has 2 N–H and O–H groups in total. The van der Waals surface area contributed by atoms with Crippen molar-refractivity contribution in [1.82, 2.24) is 24.9 Å². The van der Waals surface area contributed by atoms with E-state index in [0.717, 1.165) is 30.4 Å². The third kappa shape index (κ3) is 5.72. The predicted octanol–water partition coefficient (Wildman–Crippen LogP) is 3.72. The smallest absolute Gasteiger partial charge is 0.191 e. The summed E-state index contributed by atoms with van der Waals surface area (Å²) in [7, 11) is 1.79. The van der Waals surface area contributed by atoms with Gasteiger partial charge in [0.15, 0.2) is 5.96 Å². The van der Waals surface area contributed by atoms with Gasteiger partial charge in [-0.3, -0.25) is 9.89 Å². The second-order valence-corrected chi connectivity index (χ2v) is 7.71. The van der Waals surface area contributed by atoms with Crippen LogP contribution in [-0.4, -0.2) is 40.4 Å². The lowest BCUT2D eigenvalue weighted by Crippen LogP contribution is -2.36. The minimum Gasteiger partial charge on any atom is -0.352 e. The van der Waals surface area contributed by atoms with Crippen molar-refractivity contribution in [3.05, 3.63) is 71.2 Å². The predicted molar refractivity (Wildman–Crippen MR) is 133 cm³/mol. The first-order valence-electron chi connectivity index (χ1n) is 10.4. The minimum atomic E-state index is 0. The summed E-state index contributed by atoms with van der Waals surface area (Å²) in [4.78, 5) is 11.5. The Morgan fingerprint density at radius 2 is 1.70 bits per heavy atom. The number of aliphatic imine (C=N–C) groups is 1. The van der Waals surface area contributed by atoms with Crippen molar-refractivity contribution in [3.63, 3.8) is 0 Å². The summed E-state index contributed by atoms with van der Waals surface area (Å²) in [6.07, 6.45) is 4.75. The Bertz CT molecular complexity index is 973. The molecule has 7 heteroatoms. The number of benzene rings is 1. The Labute approximate surface area is 195 Å². The topological polar surface area (TPSA) is 57.0 Å². The minimum absolute atomic E-state index is 0. The van der Waals surface area contributed by atoms with Crippen LogP contribution in [0.1, 0.15) is 35.4 Å². The van der Waals surface area contributed by atoms with E-state index < -0.39 is 0 Å². The summed E-state index contributed by atoms with van der Waals surface area (Å²) in [6.45, 7) is 7.00. The van der Waals surface area contributed by atoms with Crippen molar-refractivity contribution >= 4 is 35.6 Å². The first-order valence-corrected chi connectivity index (χ1v) is 10.4. The van der Waals surface area contributed by atoms with Gasteiger partial charge in [-0.2, -0.15) is 0 Å². The molecule has 1 fully saturated rings. The molecule has 1 aliphatic heterocycles. The van der Waals surface area contributed by atoms with E-state index in [1.807, 2.05) is 12.1 Å². The van der Waals surface area contributed by atoms with Crippen LogP contribution in [0.2, 0.25) is 0 Å². The third-order valence-corrected chi connectivity index (χ3v) is 5.49. The number of pyridine rings is 1. The van der Waals surface area contributed by atoms with Crippen molar-refractivity contribution in [1.29, 1.82) is 0 Å². The number of rotatable bonds is 6. The highest BCUT2D eigenvalue weighted by molar-refractivity contribution is 14.0. The molecule has 0 spiro atoms. The molecule has 0 atom stereocenters. The molecule has 1 aromatic carbocycles. The first-order chi connectivity index (χ1) is 14.2. The van der Waals surface area contributed by atoms with Crippen molar-refractivity contribution < 1.29 is 0 Å². The second-order valence-electron chi connectivity index (χ2n) is 7.71.